The predicted octanol–water partition coefficient (Wildman–Crippen LogP) is 2.92. The Labute approximate surface area is 107 Å². The topological polar surface area (TPSA) is 55.5 Å². The number of anilines is 1. The molecule has 0 fully saturated rings. The molecule has 0 saturated heterocycles. The largest absolute Gasteiger partial charge is 0.494 e. The van der Waals surface area contributed by atoms with Crippen LogP contribution in [0.3, 0.4) is 0 Å². The molecular weight excluding hydrogens is 234 g/mol. The maximum absolute atomic E-state index is 9.96. The van der Waals surface area contributed by atoms with Crippen LogP contribution in [0.1, 0.15) is 27.2 Å². The van der Waals surface area contributed by atoms with E-state index >= 15 is 0 Å². The third kappa shape index (κ3) is 4.48. The summed E-state index contributed by atoms with van der Waals surface area (Å²) in [7, 11) is 0. The summed E-state index contributed by atoms with van der Waals surface area (Å²) in [6, 6.07) is 5.63. The van der Waals surface area contributed by atoms with E-state index in [2.05, 4.69) is 0 Å². The molecular formula is C13H21NO2S. The quantitative estimate of drug-likeness (QED) is 0.606. The second-order valence-electron chi connectivity index (χ2n) is 4.27. The lowest BCUT2D eigenvalue weighted by Gasteiger charge is -2.21. The van der Waals surface area contributed by atoms with Gasteiger partial charge in [-0.3, -0.25) is 0 Å². The molecule has 1 unspecified atom stereocenters. The zero-order valence-electron chi connectivity index (χ0n) is 10.7. The minimum absolute atomic E-state index is 0.628. The summed E-state index contributed by atoms with van der Waals surface area (Å²) in [4.78, 5) is 0.963. The summed E-state index contributed by atoms with van der Waals surface area (Å²) in [5.41, 5.74) is 5.97. The number of hydrogen-bond donors (Lipinski definition) is 2. The van der Waals surface area contributed by atoms with Crippen LogP contribution < -0.4 is 10.5 Å². The van der Waals surface area contributed by atoms with Gasteiger partial charge >= 0.3 is 0 Å². The number of nitrogens with two attached hydrogens (primary N) is 1. The molecule has 0 heterocycles. The molecule has 0 saturated carbocycles. The lowest BCUT2D eigenvalue weighted by Crippen LogP contribution is -2.25. The van der Waals surface area contributed by atoms with E-state index in [1.165, 1.54) is 0 Å². The highest BCUT2D eigenvalue weighted by molar-refractivity contribution is 7.99. The Hall–Kier alpha value is -0.870. The number of thioether (sulfide) groups is 1. The van der Waals surface area contributed by atoms with Crippen molar-refractivity contribution in [2.45, 2.75) is 37.7 Å². The van der Waals surface area contributed by atoms with Crippen LogP contribution in [0.25, 0.3) is 0 Å². The molecule has 0 radical (unpaired) electrons. The Bertz CT molecular complexity index is 366. The third-order valence-electron chi connectivity index (χ3n) is 2.60. The van der Waals surface area contributed by atoms with Crippen LogP contribution in [0, 0.1) is 0 Å². The first kappa shape index (κ1) is 14.2. The SMILES string of the molecule is CCOc1ccc(N)c(SCC(C)(O)CC)c1. The van der Waals surface area contributed by atoms with E-state index in [9.17, 15) is 5.11 Å². The lowest BCUT2D eigenvalue weighted by atomic mass is 10.1. The van der Waals surface area contributed by atoms with Crippen LogP contribution in [0.2, 0.25) is 0 Å². The summed E-state index contributed by atoms with van der Waals surface area (Å²) < 4.78 is 5.43. The number of nitrogen functional groups attached to an aromatic ring is 1. The molecule has 0 aliphatic carbocycles. The Kier molecular flexibility index (Phi) is 5.15. The Morgan fingerprint density at radius 2 is 2.12 bits per heavy atom. The monoisotopic (exact) mass is 255 g/mol. The molecule has 3 N–H and O–H groups in total. The Morgan fingerprint density at radius 1 is 1.41 bits per heavy atom. The predicted molar refractivity (Wildman–Crippen MR) is 73.7 cm³/mol. The van der Waals surface area contributed by atoms with Crippen molar-refractivity contribution in [3.05, 3.63) is 18.2 Å². The van der Waals surface area contributed by atoms with Crippen LogP contribution in [0.4, 0.5) is 5.69 Å². The Balaban J connectivity index is 2.72. The zero-order chi connectivity index (χ0) is 12.9. The van der Waals surface area contributed by atoms with Gasteiger partial charge in [-0.15, -0.1) is 11.8 Å². The highest BCUT2D eigenvalue weighted by Crippen LogP contribution is 2.31. The molecule has 3 nitrogen and oxygen atoms in total. The second kappa shape index (κ2) is 6.17. The van der Waals surface area contributed by atoms with E-state index in [1.54, 1.807) is 11.8 Å². The summed E-state index contributed by atoms with van der Waals surface area (Å²) in [6.07, 6.45) is 0.727. The highest BCUT2D eigenvalue weighted by atomic mass is 32.2. The molecule has 96 valence electrons. The number of aliphatic hydroxyl groups is 1. The first-order chi connectivity index (χ1) is 7.98. The first-order valence-corrected chi connectivity index (χ1v) is 6.84. The molecule has 1 aromatic rings. The molecule has 17 heavy (non-hydrogen) atoms. The van der Waals surface area contributed by atoms with Crippen molar-refractivity contribution in [3.63, 3.8) is 0 Å². The average molecular weight is 255 g/mol. The summed E-state index contributed by atoms with van der Waals surface area (Å²) >= 11 is 1.56. The standard InChI is InChI=1S/C13H21NO2S/c1-4-13(3,15)9-17-12-8-10(16-5-2)6-7-11(12)14/h6-8,15H,4-5,9,14H2,1-3H3. The Morgan fingerprint density at radius 3 is 2.71 bits per heavy atom. The van der Waals surface area contributed by atoms with Gasteiger partial charge in [0.25, 0.3) is 0 Å². The molecule has 1 rings (SSSR count). The molecule has 0 aromatic heterocycles. The number of hydrogen-bond acceptors (Lipinski definition) is 4. The van der Waals surface area contributed by atoms with Crippen LogP contribution in [0.5, 0.6) is 5.75 Å². The molecule has 0 aliphatic heterocycles. The number of rotatable bonds is 6. The van der Waals surface area contributed by atoms with Gasteiger partial charge in [-0.25, -0.2) is 0 Å². The smallest absolute Gasteiger partial charge is 0.120 e. The first-order valence-electron chi connectivity index (χ1n) is 5.86. The van der Waals surface area contributed by atoms with E-state index in [1.807, 2.05) is 39.0 Å². The average Bonchev–Trinajstić information content (AvgIpc) is 2.30. The van der Waals surface area contributed by atoms with Gasteiger partial charge in [0, 0.05) is 16.3 Å². The van der Waals surface area contributed by atoms with E-state index in [4.69, 9.17) is 10.5 Å². The number of benzene rings is 1. The molecule has 1 aromatic carbocycles. The molecule has 1 atom stereocenters. The van der Waals surface area contributed by atoms with Crippen LogP contribution in [-0.4, -0.2) is 23.1 Å². The lowest BCUT2D eigenvalue weighted by molar-refractivity contribution is 0.0816. The van der Waals surface area contributed by atoms with Crippen LogP contribution in [-0.2, 0) is 0 Å². The zero-order valence-corrected chi connectivity index (χ0v) is 11.5. The number of ether oxygens (including phenoxy) is 1. The van der Waals surface area contributed by atoms with Crippen molar-refractivity contribution in [1.29, 1.82) is 0 Å². The molecule has 0 bridgehead atoms. The van der Waals surface area contributed by atoms with Gasteiger partial charge in [-0.2, -0.15) is 0 Å². The van der Waals surface area contributed by atoms with Gasteiger partial charge < -0.3 is 15.6 Å². The fourth-order valence-electron chi connectivity index (χ4n) is 1.23. The fraction of sp³-hybridized carbons (Fsp3) is 0.538. The van der Waals surface area contributed by atoms with E-state index < -0.39 is 5.60 Å². The third-order valence-corrected chi connectivity index (χ3v) is 4.03. The fourth-order valence-corrected chi connectivity index (χ4v) is 2.34. The van der Waals surface area contributed by atoms with Crippen molar-refractivity contribution < 1.29 is 9.84 Å². The van der Waals surface area contributed by atoms with Crippen molar-refractivity contribution in [2.75, 3.05) is 18.1 Å². The van der Waals surface area contributed by atoms with E-state index in [0.717, 1.165) is 22.8 Å². The van der Waals surface area contributed by atoms with Crippen molar-refractivity contribution >= 4 is 17.4 Å². The van der Waals surface area contributed by atoms with Crippen molar-refractivity contribution in [1.82, 2.24) is 0 Å². The van der Waals surface area contributed by atoms with Gasteiger partial charge in [-0.05, 0) is 38.5 Å². The molecule has 0 amide bonds. The normalized spacial score (nSPS) is 14.4. The van der Waals surface area contributed by atoms with Crippen LogP contribution in [0.15, 0.2) is 23.1 Å². The van der Waals surface area contributed by atoms with Crippen LogP contribution >= 0.6 is 11.8 Å². The molecule has 0 aliphatic rings. The maximum atomic E-state index is 9.96. The second-order valence-corrected chi connectivity index (χ2v) is 5.29. The van der Waals surface area contributed by atoms with E-state index in [0.29, 0.717) is 12.4 Å². The minimum atomic E-state index is -0.654. The minimum Gasteiger partial charge on any atom is -0.494 e. The van der Waals surface area contributed by atoms with Gasteiger partial charge in [-0.1, -0.05) is 6.92 Å². The summed E-state index contributed by atoms with van der Waals surface area (Å²) in [6.45, 7) is 6.40. The van der Waals surface area contributed by atoms with Gasteiger partial charge in [0.15, 0.2) is 0 Å². The van der Waals surface area contributed by atoms with Crippen molar-refractivity contribution in [3.8, 4) is 5.75 Å². The summed E-state index contributed by atoms with van der Waals surface area (Å²) in [5, 5.41) is 9.96. The van der Waals surface area contributed by atoms with Gasteiger partial charge in [0.2, 0.25) is 0 Å². The maximum Gasteiger partial charge on any atom is 0.120 e. The van der Waals surface area contributed by atoms with Gasteiger partial charge in [0.1, 0.15) is 5.75 Å². The molecule has 0 spiro atoms. The summed E-state index contributed by atoms with van der Waals surface area (Å²) in [5.74, 6) is 1.45. The molecule has 4 heteroatoms. The highest BCUT2D eigenvalue weighted by Gasteiger charge is 2.18. The van der Waals surface area contributed by atoms with Gasteiger partial charge in [0.05, 0.1) is 12.2 Å². The van der Waals surface area contributed by atoms with E-state index in [-0.39, 0.29) is 0 Å². The van der Waals surface area contributed by atoms with Crippen molar-refractivity contribution in [2.24, 2.45) is 0 Å².